The van der Waals surface area contributed by atoms with Gasteiger partial charge in [-0.25, -0.2) is 0 Å². The Bertz CT molecular complexity index is 606. The predicted molar refractivity (Wildman–Crippen MR) is 97.3 cm³/mol. The monoisotopic (exact) mass is 362 g/mol. The maximum atomic E-state index is 12.2. The van der Waals surface area contributed by atoms with Crippen LogP contribution < -0.4 is 10.6 Å². The van der Waals surface area contributed by atoms with Gasteiger partial charge in [0.05, 0.1) is 12.0 Å². The summed E-state index contributed by atoms with van der Waals surface area (Å²) >= 11 is 0. The van der Waals surface area contributed by atoms with Crippen molar-refractivity contribution in [2.45, 2.75) is 51.5 Å². The number of carbonyl (C=O) groups excluding carboxylic acids is 2. The van der Waals surface area contributed by atoms with Crippen molar-refractivity contribution in [3.63, 3.8) is 0 Å². The summed E-state index contributed by atoms with van der Waals surface area (Å²) in [4.78, 5) is 24.3. The zero-order valence-electron chi connectivity index (χ0n) is 15.6. The van der Waals surface area contributed by atoms with Crippen LogP contribution in [-0.2, 0) is 20.9 Å². The molecular weight excluding hydrogens is 332 g/mol. The van der Waals surface area contributed by atoms with Gasteiger partial charge in [-0.05, 0) is 50.0 Å². The highest BCUT2D eigenvalue weighted by Crippen LogP contribution is 2.48. The average Bonchev–Trinajstić information content (AvgIpc) is 3.53. The van der Waals surface area contributed by atoms with Gasteiger partial charge in [0.15, 0.2) is 0 Å². The van der Waals surface area contributed by atoms with Gasteiger partial charge < -0.3 is 15.4 Å². The third-order valence-corrected chi connectivity index (χ3v) is 5.66. The Morgan fingerprint density at radius 2 is 2.04 bits per heavy atom. The fraction of sp³-hybridized carbons (Fsp3) is 0.737. The minimum Gasteiger partial charge on any atom is -0.384 e. The lowest BCUT2D eigenvalue weighted by Gasteiger charge is -2.18. The first-order chi connectivity index (χ1) is 12.6. The van der Waals surface area contributed by atoms with Crippen molar-refractivity contribution in [3.8, 4) is 0 Å². The Kier molecular flexibility index (Phi) is 5.96. The van der Waals surface area contributed by atoms with Crippen LogP contribution >= 0.6 is 0 Å². The van der Waals surface area contributed by atoms with Gasteiger partial charge in [0, 0.05) is 45.6 Å². The standard InChI is InChI=1S/C19H30N4O3/c1-26-15-19(7-8-19)17(25)20-11-9-18(5-6-18)14-21-16(24)4-2-12-23-13-3-10-22-23/h3,10,13H,2,4-9,11-12,14-15H2,1H3,(H,20,25)(H,21,24). The molecule has 1 heterocycles. The minimum absolute atomic E-state index is 0.101. The first-order valence-electron chi connectivity index (χ1n) is 9.59. The first-order valence-corrected chi connectivity index (χ1v) is 9.59. The molecule has 0 radical (unpaired) electrons. The number of nitrogens with one attached hydrogen (secondary N) is 2. The Labute approximate surface area is 154 Å². The van der Waals surface area contributed by atoms with Crippen molar-refractivity contribution >= 4 is 11.8 Å². The number of rotatable bonds is 12. The lowest BCUT2D eigenvalue weighted by molar-refractivity contribution is -0.128. The lowest BCUT2D eigenvalue weighted by atomic mass is 10.0. The lowest BCUT2D eigenvalue weighted by Crippen LogP contribution is -2.37. The van der Waals surface area contributed by atoms with Crippen LogP contribution in [0.5, 0.6) is 0 Å². The first kappa shape index (κ1) is 18.9. The number of nitrogens with zero attached hydrogens (tertiary/aromatic N) is 2. The third kappa shape index (κ3) is 5.06. The Balaban J connectivity index is 1.28. The van der Waals surface area contributed by atoms with Crippen LogP contribution in [0.1, 0.15) is 44.9 Å². The van der Waals surface area contributed by atoms with Gasteiger partial charge in [0.1, 0.15) is 0 Å². The highest BCUT2D eigenvalue weighted by Gasteiger charge is 2.50. The molecule has 7 nitrogen and oxygen atoms in total. The molecule has 3 rings (SSSR count). The van der Waals surface area contributed by atoms with Crippen molar-refractivity contribution in [2.75, 3.05) is 26.8 Å². The van der Waals surface area contributed by atoms with Crippen LogP contribution in [0, 0.1) is 10.8 Å². The van der Waals surface area contributed by atoms with E-state index in [4.69, 9.17) is 4.74 Å². The summed E-state index contributed by atoms with van der Waals surface area (Å²) in [6.45, 7) is 2.67. The quantitative estimate of drug-likeness (QED) is 0.590. The van der Waals surface area contributed by atoms with Crippen LogP contribution in [0.2, 0.25) is 0 Å². The fourth-order valence-electron chi connectivity index (χ4n) is 3.39. The van der Waals surface area contributed by atoms with Crippen molar-refractivity contribution in [2.24, 2.45) is 10.8 Å². The Hall–Kier alpha value is -1.89. The van der Waals surface area contributed by atoms with Crippen molar-refractivity contribution in [3.05, 3.63) is 18.5 Å². The topological polar surface area (TPSA) is 85.3 Å². The molecule has 0 aliphatic heterocycles. The van der Waals surface area contributed by atoms with Crippen LogP contribution in [0.4, 0.5) is 0 Å². The second-order valence-corrected chi connectivity index (χ2v) is 7.87. The maximum Gasteiger partial charge on any atom is 0.228 e. The van der Waals surface area contributed by atoms with E-state index in [1.165, 1.54) is 0 Å². The number of ether oxygens (including phenoxy) is 1. The van der Waals surface area contributed by atoms with Crippen molar-refractivity contribution in [1.29, 1.82) is 0 Å². The summed E-state index contributed by atoms with van der Waals surface area (Å²) in [5, 5.41) is 10.3. The average molecular weight is 362 g/mol. The number of aromatic nitrogens is 2. The van der Waals surface area contributed by atoms with Gasteiger partial charge in [0.2, 0.25) is 11.8 Å². The maximum absolute atomic E-state index is 12.2. The van der Waals surface area contributed by atoms with E-state index in [-0.39, 0.29) is 22.6 Å². The smallest absolute Gasteiger partial charge is 0.228 e. The molecule has 0 bridgehead atoms. The largest absolute Gasteiger partial charge is 0.384 e. The number of methoxy groups -OCH3 is 1. The minimum atomic E-state index is -0.270. The molecule has 7 heteroatoms. The molecule has 144 valence electrons. The zero-order chi connectivity index (χ0) is 18.5. The number of carbonyl (C=O) groups is 2. The molecule has 2 aliphatic rings. The molecule has 2 amide bonds. The summed E-state index contributed by atoms with van der Waals surface area (Å²) in [6.07, 6.45) is 9.98. The summed E-state index contributed by atoms with van der Waals surface area (Å²) in [6, 6.07) is 1.88. The molecular formula is C19H30N4O3. The fourth-order valence-corrected chi connectivity index (χ4v) is 3.39. The Morgan fingerprint density at radius 3 is 2.65 bits per heavy atom. The number of amides is 2. The number of hydrogen-bond donors (Lipinski definition) is 2. The van der Waals surface area contributed by atoms with Gasteiger partial charge in [0.25, 0.3) is 0 Å². The van der Waals surface area contributed by atoms with E-state index in [1.807, 2.05) is 16.9 Å². The highest BCUT2D eigenvalue weighted by molar-refractivity contribution is 5.85. The molecule has 2 saturated carbocycles. The molecule has 2 N–H and O–H groups in total. The molecule has 1 aromatic heterocycles. The summed E-state index contributed by atoms with van der Waals surface area (Å²) in [5.41, 5.74) is -0.0862. The van der Waals surface area contributed by atoms with E-state index in [1.54, 1.807) is 13.3 Å². The molecule has 26 heavy (non-hydrogen) atoms. The normalized spacial score (nSPS) is 19.0. The summed E-state index contributed by atoms with van der Waals surface area (Å²) in [7, 11) is 1.64. The number of hydrogen-bond acceptors (Lipinski definition) is 4. The zero-order valence-corrected chi connectivity index (χ0v) is 15.6. The van der Waals surface area contributed by atoms with Gasteiger partial charge in [-0.2, -0.15) is 5.10 Å². The molecule has 2 fully saturated rings. The SMILES string of the molecule is COCC1(C(=O)NCCC2(CNC(=O)CCCn3cccn3)CC2)CC1. The van der Waals surface area contributed by atoms with E-state index in [0.29, 0.717) is 26.1 Å². The predicted octanol–water partition coefficient (Wildman–Crippen LogP) is 1.49. The highest BCUT2D eigenvalue weighted by atomic mass is 16.5. The van der Waals surface area contributed by atoms with E-state index in [2.05, 4.69) is 15.7 Å². The van der Waals surface area contributed by atoms with Crippen LogP contribution in [-0.4, -0.2) is 48.4 Å². The van der Waals surface area contributed by atoms with Crippen molar-refractivity contribution < 1.29 is 14.3 Å². The molecule has 0 aromatic carbocycles. The van der Waals surface area contributed by atoms with Gasteiger partial charge in [-0.15, -0.1) is 0 Å². The second kappa shape index (κ2) is 8.20. The Morgan fingerprint density at radius 1 is 1.23 bits per heavy atom. The molecule has 0 saturated heterocycles. The molecule has 0 atom stereocenters. The number of aryl methyl sites for hydroxylation is 1. The molecule has 0 unspecified atom stereocenters. The van der Waals surface area contributed by atoms with Crippen LogP contribution in [0.25, 0.3) is 0 Å². The third-order valence-electron chi connectivity index (χ3n) is 5.66. The van der Waals surface area contributed by atoms with Gasteiger partial charge >= 0.3 is 0 Å². The van der Waals surface area contributed by atoms with Gasteiger partial charge in [-0.1, -0.05) is 0 Å². The van der Waals surface area contributed by atoms with E-state index < -0.39 is 0 Å². The van der Waals surface area contributed by atoms with E-state index in [9.17, 15) is 9.59 Å². The second-order valence-electron chi connectivity index (χ2n) is 7.87. The molecule has 2 aliphatic carbocycles. The van der Waals surface area contributed by atoms with Crippen molar-refractivity contribution in [1.82, 2.24) is 20.4 Å². The van der Waals surface area contributed by atoms with E-state index in [0.717, 1.165) is 45.1 Å². The summed E-state index contributed by atoms with van der Waals surface area (Å²) in [5.74, 6) is 0.224. The van der Waals surface area contributed by atoms with Crippen LogP contribution in [0.3, 0.4) is 0 Å². The van der Waals surface area contributed by atoms with Crippen LogP contribution in [0.15, 0.2) is 18.5 Å². The molecule has 1 aromatic rings. The van der Waals surface area contributed by atoms with Gasteiger partial charge in [-0.3, -0.25) is 14.3 Å². The molecule has 0 spiro atoms. The van der Waals surface area contributed by atoms with E-state index >= 15 is 0 Å². The summed E-state index contributed by atoms with van der Waals surface area (Å²) < 4.78 is 7.00.